The fourth-order valence-corrected chi connectivity index (χ4v) is 3.68. The van der Waals surface area contributed by atoms with Gasteiger partial charge in [-0.2, -0.15) is 0 Å². The first-order valence-corrected chi connectivity index (χ1v) is 9.62. The smallest absolute Gasteiger partial charge is 0.130 e. The van der Waals surface area contributed by atoms with Crippen molar-refractivity contribution in [3.8, 4) is 39.5 Å². The molecule has 28 heavy (non-hydrogen) atoms. The summed E-state index contributed by atoms with van der Waals surface area (Å²) in [4.78, 5) is 0. The second kappa shape index (κ2) is 8.83. The molecule has 3 aromatic rings. The van der Waals surface area contributed by atoms with Crippen LogP contribution in [0.5, 0.6) is 17.2 Å². The topological polar surface area (TPSA) is 27.7 Å². The maximum Gasteiger partial charge on any atom is 0.130 e. The zero-order chi connectivity index (χ0) is 20.1. The summed E-state index contributed by atoms with van der Waals surface area (Å²) < 4.78 is 16.5. The molecular weight excluding hydrogens is 348 g/mol. The van der Waals surface area contributed by atoms with Gasteiger partial charge in [-0.1, -0.05) is 37.6 Å². The maximum absolute atomic E-state index is 5.90. The van der Waals surface area contributed by atoms with Crippen LogP contribution in [0.15, 0.2) is 54.6 Å². The predicted molar refractivity (Wildman–Crippen MR) is 116 cm³/mol. The number of hydrogen-bond acceptors (Lipinski definition) is 3. The second-order valence-electron chi connectivity index (χ2n) is 6.82. The molecule has 0 spiro atoms. The van der Waals surface area contributed by atoms with E-state index in [0.29, 0.717) is 0 Å². The molecule has 0 saturated carbocycles. The van der Waals surface area contributed by atoms with Crippen LogP contribution in [0.3, 0.4) is 0 Å². The molecular formula is C25H28O3. The average Bonchev–Trinajstić information content (AvgIpc) is 2.75. The fourth-order valence-electron chi connectivity index (χ4n) is 3.68. The van der Waals surface area contributed by atoms with Crippen LogP contribution in [0.4, 0.5) is 0 Å². The summed E-state index contributed by atoms with van der Waals surface area (Å²) in [6, 6.07) is 18.7. The van der Waals surface area contributed by atoms with Gasteiger partial charge < -0.3 is 14.2 Å². The largest absolute Gasteiger partial charge is 0.497 e. The minimum atomic E-state index is 0.848. The van der Waals surface area contributed by atoms with Crippen LogP contribution in [0.1, 0.15) is 24.5 Å². The standard InChI is InChI=1S/C25H28O3/c1-6-7-20-16-23(18-8-12-21(26-3)13-9-18)17(2)24(25(20)28-5)19-10-14-22(27-4)15-11-19/h8-16H,6-7H2,1-5H3. The van der Waals surface area contributed by atoms with Gasteiger partial charge in [-0.05, 0) is 71.5 Å². The molecule has 0 bridgehead atoms. The number of aryl methyl sites for hydroxylation is 1. The van der Waals surface area contributed by atoms with E-state index in [1.54, 1.807) is 21.3 Å². The molecule has 0 aromatic heterocycles. The lowest BCUT2D eigenvalue weighted by Gasteiger charge is -2.20. The minimum absolute atomic E-state index is 0.848. The van der Waals surface area contributed by atoms with Gasteiger partial charge in [-0.25, -0.2) is 0 Å². The zero-order valence-corrected chi connectivity index (χ0v) is 17.3. The van der Waals surface area contributed by atoms with E-state index in [1.165, 1.54) is 22.3 Å². The second-order valence-corrected chi connectivity index (χ2v) is 6.82. The summed E-state index contributed by atoms with van der Waals surface area (Å²) in [5.74, 6) is 2.67. The van der Waals surface area contributed by atoms with Crippen molar-refractivity contribution >= 4 is 0 Å². The van der Waals surface area contributed by atoms with Gasteiger partial charge in [0.25, 0.3) is 0 Å². The van der Waals surface area contributed by atoms with Crippen LogP contribution in [0.25, 0.3) is 22.3 Å². The maximum atomic E-state index is 5.90. The molecule has 0 unspecified atom stereocenters. The van der Waals surface area contributed by atoms with E-state index >= 15 is 0 Å². The fraction of sp³-hybridized carbons (Fsp3) is 0.280. The first kappa shape index (κ1) is 19.8. The molecule has 3 aromatic carbocycles. The molecule has 0 N–H and O–H groups in total. The first-order chi connectivity index (χ1) is 13.6. The Labute approximate surface area is 167 Å². The number of benzene rings is 3. The Kier molecular flexibility index (Phi) is 6.25. The number of methoxy groups -OCH3 is 3. The molecule has 0 aliphatic rings. The molecule has 146 valence electrons. The SMILES string of the molecule is CCCc1cc(-c2ccc(OC)cc2)c(C)c(-c2ccc(OC)cc2)c1OC. The van der Waals surface area contributed by atoms with Gasteiger partial charge in [0, 0.05) is 5.56 Å². The average molecular weight is 376 g/mol. The number of rotatable bonds is 7. The minimum Gasteiger partial charge on any atom is -0.497 e. The highest BCUT2D eigenvalue weighted by Crippen LogP contribution is 2.42. The third kappa shape index (κ3) is 3.84. The monoisotopic (exact) mass is 376 g/mol. The van der Waals surface area contributed by atoms with Gasteiger partial charge in [0.2, 0.25) is 0 Å². The van der Waals surface area contributed by atoms with Crippen molar-refractivity contribution in [2.45, 2.75) is 26.7 Å². The molecule has 0 atom stereocenters. The van der Waals surface area contributed by atoms with Gasteiger partial charge in [0.05, 0.1) is 21.3 Å². The Balaban J connectivity index is 2.23. The summed E-state index contributed by atoms with van der Waals surface area (Å²) in [5.41, 5.74) is 7.09. The van der Waals surface area contributed by atoms with Crippen molar-refractivity contribution in [3.63, 3.8) is 0 Å². The number of ether oxygens (including phenoxy) is 3. The van der Waals surface area contributed by atoms with Gasteiger partial charge in [-0.15, -0.1) is 0 Å². The van der Waals surface area contributed by atoms with Crippen molar-refractivity contribution < 1.29 is 14.2 Å². The van der Waals surface area contributed by atoms with Crippen molar-refractivity contribution in [2.75, 3.05) is 21.3 Å². The molecule has 0 amide bonds. The molecule has 0 fully saturated rings. The quantitative estimate of drug-likeness (QED) is 0.484. The molecule has 0 aliphatic carbocycles. The van der Waals surface area contributed by atoms with Gasteiger partial charge in [0.1, 0.15) is 17.2 Å². The van der Waals surface area contributed by atoms with Crippen molar-refractivity contribution in [2.24, 2.45) is 0 Å². The van der Waals surface area contributed by atoms with Crippen molar-refractivity contribution in [3.05, 3.63) is 65.7 Å². The molecule has 0 saturated heterocycles. The Morgan fingerprint density at radius 1 is 0.714 bits per heavy atom. The highest BCUT2D eigenvalue weighted by Gasteiger charge is 2.18. The zero-order valence-electron chi connectivity index (χ0n) is 17.3. The highest BCUT2D eigenvalue weighted by molar-refractivity contribution is 5.84. The van der Waals surface area contributed by atoms with E-state index in [-0.39, 0.29) is 0 Å². The Bertz CT molecular complexity index is 926. The molecule has 3 rings (SSSR count). The van der Waals surface area contributed by atoms with E-state index in [9.17, 15) is 0 Å². The Morgan fingerprint density at radius 3 is 1.71 bits per heavy atom. The van der Waals surface area contributed by atoms with Crippen LogP contribution in [-0.2, 0) is 6.42 Å². The Morgan fingerprint density at radius 2 is 1.25 bits per heavy atom. The van der Waals surface area contributed by atoms with E-state index in [1.807, 2.05) is 24.3 Å². The lowest BCUT2D eigenvalue weighted by Crippen LogP contribution is -2.00. The molecule has 3 nitrogen and oxygen atoms in total. The summed E-state index contributed by atoms with van der Waals surface area (Å²) in [6.07, 6.45) is 2.03. The van der Waals surface area contributed by atoms with Gasteiger partial charge in [0.15, 0.2) is 0 Å². The molecule has 3 heteroatoms. The summed E-state index contributed by atoms with van der Waals surface area (Å²) in [6.45, 7) is 4.36. The van der Waals surface area contributed by atoms with Crippen molar-refractivity contribution in [1.82, 2.24) is 0 Å². The lowest BCUT2D eigenvalue weighted by molar-refractivity contribution is 0.410. The molecule has 0 heterocycles. The Hall–Kier alpha value is -2.94. The summed E-state index contributed by atoms with van der Waals surface area (Å²) >= 11 is 0. The number of hydrogen-bond donors (Lipinski definition) is 0. The van der Waals surface area contributed by atoms with Gasteiger partial charge >= 0.3 is 0 Å². The molecule has 0 aliphatic heterocycles. The van der Waals surface area contributed by atoms with Crippen molar-refractivity contribution in [1.29, 1.82) is 0 Å². The molecule has 0 radical (unpaired) electrons. The lowest BCUT2D eigenvalue weighted by atomic mass is 9.88. The third-order valence-electron chi connectivity index (χ3n) is 5.12. The van der Waals surface area contributed by atoms with Crippen LogP contribution < -0.4 is 14.2 Å². The van der Waals surface area contributed by atoms with Crippen LogP contribution in [0, 0.1) is 6.92 Å². The normalized spacial score (nSPS) is 10.6. The van der Waals surface area contributed by atoms with E-state index < -0.39 is 0 Å². The van der Waals surface area contributed by atoms with Crippen LogP contribution in [0.2, 0.25) is 0 Å². The van der Waals surface area contributed by atoms with E-state index in [4.69, 9.17) is 14.2 Å². The van der Waals surface area contributed by atoms with E-state index in [0.717, 1.165) is 41.2 Å². The third-order valence-corrected chi connectivity index (χ3v) is 5.12. The van der Waals surface area contributed by atoms with Crippen LogP contribution >= 0.6 is 0 Å². The summed E-state index contributed by atoms with van der Waals surface area (Å²) in [7, 11) is 5.13. The first-order valence-electron chi connectivity index (χ1n) is 9.62. The predicted octanol–water partition coefficient (Wildman–Crippen LogP) is 6.31. The highest BCUT2D eigenvalue weighted by atomic mass is 16.5. The van der Waals surface area contributed by atoms with Gasteiger partial charge in [-0.3, -0.25) is 0 Å². The van der Waals surface area contributed by atoms with E-state index in [2.05, 4.69) is 44.2 Å². The van der Waals surface area contributed by atoms with Crippen LogP contribution in [-0.4, -0.2) is 21.3 Å². The summed E-state index contributed by atoms with van der Waals surface area (Å²) in [5, 5.41) is 0.